The number of alkyl halides is 3. The van der Waals surface area contributed by atoms with E-state index < -0.39 is 17.6 Å². The summed E-state index contributed by atoms with van der Waals surface area (Å²) in [6.45, 7) is 2.17. The van der Waals surface area contributed by atoms with Gasteiger partial charge in [0.25, 0.3) is 5.56 Å². The van der Waals surface area contributed by atoms with Gasteiger partial charge in [0.05, 0.1) is 11.1 Å². The van der Waals surface area contributed by atoms with Crippen molar-refractivity contribution < 1.29 is 18.0 Å². The van der Waals surface area contributed by atoms with Crippen LogP contribution in [0, 0.1) is 6.92 Å². The Hall–Kier alpha value is -3.10. The molecule has 158 valence electrons. The number of anilines is 1. The minimum atomic E-state index is -4.49. The van der Waals surface area contributed by atoms with E-state index in [9.17, 15) is 22.8 Å². The summed E-state index contributed by atoms with van der Waals surface area (Å²) in [7, 11) is 0. The van der Waals surface area contributed by atoms with E-state index in [-0.39, 0.29) is 17.8 Å². The standard InChI is InChI=1S/C21H21F3N4O2/c1-13-10-16-19(20(30)27-9-4-2-3-8-17(27)26-16)28(13)12-18(29)25-15-7-5-6-14(11-15)21(22,23)24/h5-7,10-11H,2-4,8-9,12H2,1H3,(H,25,29). The second kappa shape index (κ2) is 7.62. The highest BCUT2D eigenvalue weighted by molar-refractivity contribution is 5.92. The van der Waals surface area contributed by atoms with Crippen molar-refractivity contribution in [1.29, 1.82) is 0 Å². The van der Waals surface area contributed by atoms with E-state index in [1.54, 1.807) is 22.1 Å². The van der Waals surface area contributed by atoms with Gasteiger partial charge in [0.15, 0.2) is 0 Å². The monoisotopic (exact) mass is 418 g/mol. The fourth-order valence-electron chi connectivity index (χ4n) is 3.89. The summed E-state index contributed by atoms with van der Waals surface area (Å²) in [5.74, 6) is 0.241. The lowest BCUT2D eigenvalue weighted by atomic mass is 10.2. The van der Waals surface area contributed by atoms with E-state index in [1.165, 1.54) is 12.1 Å². The van der Waals surface area contributed by atoms with Gasteiger partial charge >= 0.3 is 6.18 Å². The van der Waals surface area contributed by atoms with Gasteiger partial charge in [-0.3, -0.25) is 14.2 Å². The average molecular weight is 418 g/mol. The van der Waals surface area contributed by atoms with Gasteiger partial charge in [0, 0.05) is 24.3 Å². The number of nitrogens with zero attached hydrogens (tertiary/aromatic N) is 3. The molecule has 0 fully saturated rings. The molecule has 0 spiro atoms. The SMILES string of the molecule is Cc1cc2nc3n(c(=O)c2n1CC(=O)Nc1cccc(C(F)(F)F)c1)CCCCC3. The Morgan fingerprint density at radius 1 is 1.20 bits per heavy atom. The van der Waals surface area contributed by atoms with Crippen LogP contribution in [0.4, 0.5) is 18.9 Å². The van der Waals surface area contributed by atoms with E-state index in [4.69, 9.17) is 0 Å². The van der Waals surface area contributed by atoms with E-state index >= 15 is 0 Å². The zero-order valence-electron chi connectivity index (χ0n) is 16.4. The van der Waals surface area contributed by atoms with Gasteiger partial charge in [-0.1, -0.05) is 12.5 Å². The normalized spacial score (nSPS) is 14.4. The topological polar surface area (TPSA) is 68.9 Å². The van der Waals surface area contributed by atoms with Crippen LogP contribution in [0.1, 0.15) is 36.3 Å². The lowest BCUT2D eigenvalue weighted by molar-refractivity contribution is -0.137. The summed E-state index contributed by atoms with van der Waals surface area (Å²) in [5.41, 5.74) is 0.599. The number of carbonyl (C=O) groups is 1. The zero-order chi connectivity index (χ0) is 21.5. The molecule has 1 aromatic carbocycles. The molecule has 4 rings (SSSR count). The molecule has 0 bridgehead atoms. The minimum Gasteiger partial charge on any atom is -0.330 e. The lowest BCUT2D eigenvalue weighted by Gasteiger charge is -2.13. The first-order chi connectivity index (χ1) is 14.2. The van der Waals surface area contributed by atoms with Crippen molar-refractivity contribution in [3.8, 4) is 0 Å². The number of aromatic nitrogens is 3. The molecule has 9 heteroatoms. The Labute approximate surface area is 170 Å². The molecule has 1 amide bonds. The number of fused-ring (bicyclic) bond motifs is 2. The number of carbonyl (C=O) groups excluding carboxylic acids is 1. The number of halogens is 3. The summed E-state index contributed by atoms with van der Waals surface area (Å²) in [6, 6.07) is 6.22. The van der Waals surface area contributed by atoms with Gasteiger partial charge < -0.3 is 9.88 Å². The molecular weight excluding hydrogens is 397 g/mol. The van der Waals surface area contributed by atoms with Crippen molar-refractivity contribution in [3.05, 3.63) is 57.8 Å². The molecule has 0 aliphatic carbocycles. The molecule has 1 aliphatic rings. The molecule has 1 N–H and O–H groups in total. The van der Waals surface area contributed by atoms with Gasteiger partial charge in [-0.15, -0.1) is 0 Å². The number of hydrogen-bond acceptors (Lipinski definition) is 3. The number of amides is 1. The lowest BCUT2D eigenvalue weighted by Crippen LogP contribution is -2.28. The van der Waals surface area contributed by atoms with Crippen molar-refractivity contribution in [3.63, 3.8) is 0 Å². The Morgan fingerprint density at radius 3 is 2.77 bits per heavy atom. The number of hydrogen-bond donors (Lipinski definition) is 1. The molecule has 30 heavy (non-hydrogen) atoms. The number of aryl methyl sites for hydroxylation is 2. The summed E-state index contributed by atoms with van der Waals surface area (Å²) in [6.07, 6.45) is -0.837. The molecule has 3 heterocycles. The molecule has 2 aromatic heterocycles. The average Bonchev–Trinajstić information content (AvgIpc) is 2.84. The van der Waals surface area contributed by atoms with Gasteiger partial charge in [0.1, 0.15) is 17.9 Å². The second-order valence-corrected chi connectivity index (χ2v) is 7.53. The van der Waals surface area contributed by atoms with Crippen LogP contribution in [0.25, 0.3) is 11.0 Å². The van der Waals surface area contributed by atoms with Crippen molar-refractivity contribution in [2.45, 2.75) is 51.9 Å². The number of nitrogens with one attached hydrogen (secondary N) is 1. The first-order valence-corrected chi connectivity index (χ1v) is 9.81. The van der Waals surface area contributed by atoms with Crippen molar-refractivity contribution >= 4 is 22.6 Å². The molecule has 1 aliphatic heterocycles. The Bertz CT molecular complexity index is 1180. The molecule has 0 unspecified atom stereocenters. The van der Waals surface area contributed by atoms with Gasteiger partial charge in [0.2, 0.25) is 5.91 Å². The van der Waals surface area contributed by atoms with Gasteiger partial charge in [-0.25, -0.2) is 4.98 Å². The van der Waals surface area contributed by atoms with E-state index in [0.29, 0.717) is 23.3 Å². The van der Waals surface area contributed by atoms with Gasteiger partial charge in [-0.05, 0) is 44.0 Å². The van der Waals surface area contributed by atoms with Crippen molar-refractivity contribution in [1.82, 2.24) is 14.1 Å². The van der Waals surface area contributed by atoms with Crippen LogP contribution in [0.5, 0.6) is 0 Å². The van der Waals surface area contributed by atoms with Crippen molar-refractivity contribution in [2.75, 3.05) is 5.32 Å². The van der Waals surface area contributed by atoms with Crippen LogP contribution in [0.2, 0.25) is 0 Å². The molecule has 0 saturated heterocycles. The summed E-state index contributed by atoms with van der Waals surface area (Å²) < 4.78 is 41.9. The largest absolute Gasteiger partial charge is 0.416 e. The highest BCUT2D eigenvalue weighted by atomic mass is 19.4. The predicted octanol–water partition coefficient (Wildman–Crippen LogP) is 3.89. The van der Waals surface area contributed by atoms with Crippen LogP contribution in [0.15, 0.2) is 35.1 Å². The quantitative estimate of drug-likeness (QED) is 0.702. The van der Waals surface area contributed by atoms with Crippen molar-refractivity contribution in [2.24, 2.45) is 0 Å². The molecule has 6 nitrogen and oxygen atoms in total. The number of benzene rings is 1. The van der Waals surface area contributed by atoms with Crippen LogP contribution < -0.4 is 10.9 Å². The summed E-state index contributed by atoms with van der Waals surface area (Å²) >= 11 is 0. The first kappa shape index (κ1) is 20.2. The summed E-state index contributed by atoms with van der Waals surface area (Å²) in [4.78, 5) is 30.3. The van der Waals surface area contributed by atoms with Crippen LogP contribution in [0.3, 0.4) is 0 Å². The fraction of sp³-hybridized carbons (Fsp3) is 0.381. The Kier molecular flexibility index (Phi) is 5.13. The van der Waals surface area contributed by atoms with Gasteiger partial charge in [-0.2, -0.15) is 13.2 Å². The minimum absolute atomic E-state index is 0.0488. The maximum Gasteiger partial charge on any atom is 0.416 e. The summed E-state index contributed by atoms with van der Waals surface area (Å²) in [5, 5.41) is 2.49. The fourth-order valence-corrected chi connectivity index (χ4v) is 3.89. The molecule has 0 saturated carbocycles. The third-order valence-corrected chi connectivity index (χ3v) is 5.35. The van der Waals surface area contributed by atoms with Crippen LogP contribution in [-0.4, -0.2) is 20.0 Å². The van der Waals surface area contributed by atoms with Crippen LogP contribution >= 0.6 is 0 Å². The highest BCUT2D eigenvalue weighted by Crippen LogP contribution is 2.30. The maximum atomic E-state index is 13.1. The highest BCUT2D eigenvalue weighted by Gasteiger charge is 2.30. The van der Waals surface area contributed by atoms with E-state index in [0.717, 1.165) is 43.6 Å². The predicted molar refractivity (Wildman–Crippen MR) is 106 cm³/mol. The van der Waals surface area contributed by atoms with E-state index in [1.807, 2.05) is 0 Å². The first-order valence-electron chi connectivity index (χ1n) is 9.81. The van der Waals surface area contributed by atoms with Crippen LogP contribution in [-0.2, 0) is 30.5 Å². The third kappa shape index (κ3) is 3.83. The van der Waals surface area contributed by atoms with E-state index in [2.05, 4.69) is 10.3 Å². The molecular formula is C21H21F3N4O2. The molecule has 3 aromatic rings. The third-order valence-electron chi connectivity index (χ3n) is 5.35. The zero-order valence-corrected chi connectivity index (χ0v) is 16.4. The maximum absolute atomic E-state index is 13.1. The molecule has 0 radical (unpaired) electrons. The molecule has 0 atom stereocenters. The smallest absolute Gasteiger partial charge is 0.330 e. The number of rotatable bonds is 3. The Morgan fingerprint density at radius 2 is 2.00 bits per heavy atom. The Balaban J connectivity index is 1.64. The second-order valence-electron chi connectivity index (χ2n) is 7.53.